The van der Waals surface area contributed by atoms with E-state index in [2.05, 4.69) is 10.2 Å². The molecule has 1 aliphatic heterocycles. The molecule has 1 saturated carbocycles. The third-order valence-corrected chi connectivity index (χ3v) is 5.00. The molecular formula is C16H24Cl3FN2. The first kappa shape index (κ1) is 20.0. The van der Waals surface area contributed by atoms with Crippen molar-refractivity contribution in [2.24, 2.45) is 5.92 Å². The van der Waals surface area contributed by atoms with Gasteiger partial charge in [-0.05, 0) is 36.5 Å². The highest BCUT2D eigenvalue weighted by atomic mass is 35.5. The predicted molar refractivity (Wildman–Crippen MR) is 95.0 cm³/mol. The summed E-state index contributed by atoms with van der Waals surface area (Å²) in [5, 5.41) is 3.98. The van der Waals surface area contributed by atoms with Crippen molar-refractivity contribution in [3.05, 3.63) is 34.6 Å². The summed E-state index contributed by atoms with van der Waals surface area (Å²) < 4.78 is 13.3. The van der Waals surface area contributed by atoms with E-state index in [-0.39, 0.29) is 30.6 Å². The van der Waals surface area contributed by atoms with Crippen molar-refractivity contribution in [2.75, 3.05) is 26.2 Å². The SMILES string of the molecule is Cl.Cl.Fc1ccc([C@@H](C2CCCC2)N2CCNCC2)c(Cl)c1. The molecule has 1 saturated heterocycles. The Balaban J connectivity index is 0.00000121. The lowest BCUT2D eigenvalue weighted by atomic mass is 9.89. The average molecular weight is 370 g/mol. The molecule has 3 rings (SSSR count). The van der Waals surface area contributed by atoms with Gasteiger partial charge >= 0.3 is 0 Å². The molecule has 22 heavy (non-hydrogen) atoms. The van der Waals surface area contributed by atoms with E-state index in [1.54, 1.807) is 6.07 Å². The van der Waals surface area contributed by atoms with Crippen LogP contribution in [0.5, 0.6) is 0 Å². The summed E-state index contributed by atoms with van der Waals surface area (Å²) in [6.45, 7) is 4.16. The number of halogens is 4. The molecule has 6 heteroatoms. The van der Waals surface area contributed by atoms with Gasteiger partial charge in [-0.15, -0.1) is 24.8 Å². The Labute approximate surface area is 149 Å². The van der Waals surface area contributed by atoms with Crippen molar-refractivity contribution < 1.29 is 4.39 Å². The van der Waals surface area contributed by atoms with Crippen molar-refractivity contribution in [3.63, 3.8) is 0 Å². The minimum atomic E-state index is -0.246. The first-order valence-corrected chi connectivity index (χ1v) is 8.03. The topological polar surface area (TPSA) is 15.3 Å². The van der Waals surface area contributed by atoms with Crippen LogP contribution in [-0.4, -0.2) is 31.1 Å². The zero-order chi connectivity index (χ0) is 13.9. The normalized spacial score (nSPS) is 21.0. The van der Waals surface area contributed by atoms with Crippen LogP contribution in [0.2, 0.25) is 5.02 Å². The Hall–Kier alpha value is -0.0600. The van der Waals surface area contributed by atoms with E-state index in [1.807, 2.05) is 6.07 Å². The summed E-state index contributed by atoms with van der Waals surface area (Å²) in [4.78, 5) is 2.53. The van der Waals surface area contributed by atoms with Gasteiger partial charge in [0.05, 0.1) is 0 Å². The number of hydrogen-bond donors (Lipinski definition) is 1. The quantitative estimate of drug-likeness (QED) is 0.846. The average Bonchev–Trinajstić information content (AvgIpc) is 2.97. The molecule has 2 nitrogen and oxygen atoms in total. The summed E-state index contributed by atoms with van der Waals surface area (Å²) in [6, 6.07) is 5.25. The zero-order valence-corrected chi connectivity index (χ0v) is 15.0. The molecule has 0 radical (unpaired) electrons. The van der Waals surface area contributed by atoms with Gasteiger partial charge in [0.25, 0.3) is 0 Å². The van der Waals surface area contributed by atoms with Crippen molar-refractivity contribution in [1.82, 2.24) is 10.2 Å². The summed E-state index contributed by atoms with van der Waals surface area (Å²) >= 11 is 6.34. The Morgan fingerprint density at radius 3 is 2.36 bits per heavy atom. The fourth-order valence-electron chi connectivity index (χ4n) is 3.72. The Bertz CT molecular complexity index is 461. The minimum Gasteiger partial charge on any atom is -0.314 e. The molecule has 0 amide bonds. The van der Waals surface area contributed by atoms with E-state index < -0.39 is 0 Å². The van der Waals surface area contributed by atoms with Gasteiger partial charge < -0.3 is 5.32 Å². The predicted octanol–water partition coefficient (Wildman–Crippen LogP) is 4.46. The largest absolute Gasteiger partial charge is 0.314 e. The molecule has 0 unspecified atom stereocenters. The number of hydrogen-bond acceptors (Lipinski definition) is 2. The van der Waals surface area contributed by atoms with Crippen LogP contribution in [0.1, 0.15) is 37.3 Å². The van der Waals surface area contributed by atoms with Crippen LogP contribution in [0.25, 0.3) is 0 Å². The highest BCUT2D eigenvalue weighted by Gasteiger charge is 2.33. The maximum absolute atomic E-state index is 13.3. The Kier molecular flexibility index (Phi) is 8.44. The minimum absolute atomic E-state index is 0. The lowest BCUT2D eigenvalue weighted by Gasteiger charge is -2.39. The van der Waals surface area contributed by atoms with Crippen LogP contribution in [0.15, 0.2) is 18.2 Å². The maximum Gasteiger partial charge on any atom is 0.124 e. The molecule has 1 aromatic rings. The van der Waals surface area contributed by atoms with E-state index in [0.717, 1.165) is 31.7 Å². The van der Waals surface area contributed by atoms with Crippen LogP contribution in [-0.2, 0) is 0 Å². The molecule has 1 N–H and O–H groups in total. The summed E-state index contributed by atoms with van der Waals surface area (Å²) in [5.41, 5.74) is 1.11. The van der Waals surface area contributed by atoms with Crippen molar-refractivity contribution >= 4 is 36.4 Å². The van der Waals surface area contributed by atoms with Gasteiger partial charge in [0.2, 0.25) is 0 Å². The van der Waals surface area contributed by atoms with Gasteiger partial charge in [0.1, 0.15) is 5.82 Å². The Morgan fingerprint density at radius 1 is 1.14 bits per heavy atom. The summed E-state index contributed by atoms with van der Waals surface area (Å²) in [5.74, 6) is 0.417. The van der Waals surface area contributed by atoms with Crippen LogP contribution in [0, 0.1) is 11.7 Å². The Morgan fingerprint density at radius 2 is 1.77 bits per heavy atom. The van der Waals surface area contributed by atoms with Crippen LogP contribution in [0.3, 0.4) is 0 Å². The fourth-order valence-corrected chi connectivity index (χ4v) is 4.00. The third-order valence-electron chi connectivity index (χ3n) is 4.67. The summed E-state index contributed by atoms with van der Waals surface area (Å²) in [6.07, 6.45) is 5.16. The van der Waals surface area contributed by atoms with Crippen LogP contribution >= 0.6 is 36.4 Å². The molecule has 0 bridgehead atoms. The fraction of sp³-hybridized carbons (Fsp3) is 0.625. The van der Waals surface area contributed by atoms with Gasteiger partial charge in [-0.2, -0.15) is 0 Å². The molecule has 1 aliphatic carbocycles. The van der Waals surface area contributed by atoms with Crippen molar-refractivity contribution in [3.8, 4) is 0 Å². The molecule has 1 atom stereocenters. The second kappa shape index (κ2) is 9.29. The second-order valence-electron chi connectivity index (χ2n) is 5.94. The highest BCUT2D eigenvalue weighted by molar-refractivity contribution is 6.31. The van der Waals surface area contributed by atoms with Crippen molar-refractivity contribution in [2.45, 2.75) is 31.7 Å². The zero-order valence-electron chi connectivity index (χ0n) is 12.6. The smallest absolute Gasteiger partial charge is 0.124 e. The van der Waals surface area contributed by atoms with E-state index in [0.29, 0.717) is 17.0 Å². The number of nitrogens with one attached hydrogen (secondary N) is 1. The van der Waals surface area contributed by atoms with E-state index in [4.69, 9.17) is 11.6 Å². The van der Waals surface area contributed by atoms with Crippen LogP contribution < -0.4 is 5.32 Å². The van der Waals surface area contributed by atoms with Gasteiger partial charge in [-0.25, -0.2) is 4.39 Å². The molecule has 0 aromatic heterocycles. The van der Waals surface area contributed by atoms with E-state index in [9.17, 15) is 4.39 Å². The molecular weight excluding hydrogens is 346 g/mol. The highest BCUT2D eigenvalue weighted by Crippen LogP contribution is 2.41. The van der Waals surface area contributed by atoms with Gasteiger partial charge in [-0.1, -0.05) is 30.5 Å². The number of piperazine rings is 1. The standard InChI is InChI=1S/C16H22ClFN2.2ClH/c17-15-11-13(18)5-6-14(15)16(12-3-1-2-4-12)20-9-7-19-8-10-20;;/h5-6,11-12,16,19H,1-4,7-10H2;2*1H/t16-;;/m1../s1. The molecule has 0 spiro atoms. The molecule has 1 aromatic carbocycles. The van der Waals surface area contributed by atoms with Gasteiger partial charge in [-0.3, -0.25) is 4.90 Å². The molecule has 2 aliphatic rings. The lowest BCUT2D eigenvalue weighted by Crippen LogP contribution is -2.46. The van der Waals surface area contributed by atoms with Crippen molar-refractivity contribution in [1.29, 1.82) is 0 Å². The molecule has 1 heterocycles. The first-order valence-electron chi connectivity index (χ1n) is 7.65. The van der Waals surface area contributed by atoms with E-state index in [1.165, 1.54) is 31.7 Å². The van der Waals surface area contributed by atoms with E-state index >= 15 is 0 Å². The van der Waals surface area contributed by atoms with Gasteiger partial charge in [0.15, 0.2) is 0 Å². The first-order chi connectivity index (χ1) is 9.75. The monoisotopic (exact) mass is 368 g/mol. The maximum atomic E-state index is 13.3. The number of rotatable bonds is 3. The number of benzene rings is 1. The second-order valence-corrected chi connectivity index (χ2v) is 6.35. The third kappa shape index (κ3) is 4.48. The lowest BCUT2D eigenvalue weighted by molar-refractivity contribution is 0.125. The number of nitrogens with zero attached hydrogens (tertiary/aromatic N) is 1. The van der Waals surface area contributed by atoms with Crippen LogP contribution in [0.4, 0.5) is 4.39 Å². The summed E-state index contributed by atoms with van der Waals surface area (Å²) in [7, 11) is 0. The molecule has 126 valence electrons. The van der Waals surface area contributed by atoms with Gasteiger partial charge in [0, 0.05) is 37.2 Å². The molecule has 2 fully saturated rings.